The maximum Gasteiger partial charge on any atom is 0.221 e. The third kappa shape index (κ3) is 1.38. The van der Waals surface area contributed by atoms with Crippen molar-refractivity contribution in [3.05, 3.63) is 6.33 Å². The largest absolute Gasteiger partial charge is 0.351 e. The van der Waals surface area contributed by atoms with E-state index in [0.29, 0.717) is 11.6 Å². The van der Waals surface area contributed by atoms with Crippen LogP contribution < -0.4 is 5.32 Å². The molecule has 98 valence electrons. The maximum absolute atomic E-state index is 4.57. The molecular weight excluding hydrogens is 224 g/mol. The molecule has 0 unspecified atom stereocenters. The van der Waals surface area contributed by atoms with Crippen molar-refractivity contribution in [2.45, 2.75) is 69.4 Å². The van der Waals surface area contributed by atoms with Crippen molar-refractivity contribution in [2.24, 2.45) is 5.92 Å². The van der Waals surface area contributed by atoms with Crippen LogP contribution in [-0.2, 0) is 5.54 Å². The number of nitrogens with zero attached hydrogens (tertiary/aromatic N) is 3. The van der Waals surface area contributed by atoms with Crippen molar-refractivity contribution >= 4 is 5.95 Å². The Balaban J connectivity index is 1.81. The second kappa shape index (κ2) is 3.97. The Labute approximate surface area is 108 Å². The maximum atomic E-state index is 4.57. The highest BCUT2D eigenvalue weighted by atomic mass is 15.4. The average molecular weight is 246 g/mol. The Morgan fingerprint density at radius 2 is 1.94 bits per heavy atom. The molecule has 1 aliphatic heterocycles. The summed E-state index contributed by atoms with van der Waals surface area (Å²) < 4.78 is 2.25. The Bertz CT molecular complexity index is 433. The summed E-state index contributed by atoms with van der Waals surface area (Å²) in [5.41, 5.74) is 0.292. The van der Waals surface area contributed by atoms with Crippen LogP contribution in [0.1, 0.15) is 57.8 Å². The van der Waals surface area contributed by atoms with Crippen LogP contribution in [0.25, 0.3) is 0 Å². The SMILES string of the molecule is c1nc2n(n1)C1(CCCCC1)[C@@H]1CCCC[C@@H]1N2. The number of rotatable bonds is 0. The molecular formula is C14H22N4. The van der Waals surface area contributed by atoms with E-state index in [2.05, 4.69) is 20.1 Å². The van der Waals surface area contributed by atoms with Crippen LogP contribution in [0.2, 0.25) is 0 Å². The molecule has 2 heterocycles. The fourth-order valence-electron chi connectivity index (χ4n) is 4.68. The van der Waals surface area contributed by atoms with Gasteiger partial charge in [-0.2, -0.15) is 10.1 Å². The standard InChI is InChI=1S/C14H22N4/c1-4-8-14(9-5-1)11-6-2-3-7-12(11)17-13-15-10-16-18(13)14/h10-12H,1-9H2,(H,15,16,17)/t11-,12+/m1/s1. The third-order valence-electron chi connectivity index (χ3n) is 5.46. The van der Waals surface area contributed by atoms with Crippen molar-refractivity contribution in [2.75, 3.05) is 5.32 Å². The highest BCUT2D eigenvalue weighted by Crippen LogP contribution is 2.50. The van der Waals surface area contributed by atoms with Crippen LogP contribution in [-0.4, -0.2) is 20.8 Å². The lowest BCUT2D eigenvalue weighted by Gasteiger charge is -2.52. The molecule has 4 rings (SSSR count). The number of hydrogen-bond donors (Lipinski definition) is 1. The zero-order valence-corrected chi connectivity index (χ0v) is 10.9. The Morgan fingerprint density at radius 3 is 2.83 bits per heavy atom. The second-order valence-electron chi connectivity index (χ2n) is 6.30. The molecule has 2 atom stereocenters. The molecule has 1 aromatic heterocycles. The average Bonchev–Trinajstić information content (AvgIpc) is 2.89. The molecule has 4 nitrogen and oxygen atoms in total. The quantitative estimate of drug-likeness (QED) is 0.765. The van der Waals surface area contributed by atoms with Crippen LogP contribution in [0.3, 0.4) is 0 Å². The van der Waals surface area contributed by atoms with Crippen molar-refractivity contribution in [3.63, 3.8) is 0 Å². The predicted octanol–water partition coefficient (Wildman–Crippen LogP) is 2.92. The van der Waals surface area contributed by atoms with Crippen molar-refractivity contribution in [3.8, 4) is 0 Å². The molecule has 2 saturated carbocycles. The minimum Gasteiger partial charge on any atom is -0.351 e. The van der Waals surface area contributed by atoms with Crippen LogP contribution in [0.15, 0.2) is 6.33 Å². The van der Waals surface area contributed by atoms with Gasteiger partial charge in [-0.15, -0.1) is 0 Å². The summed E-state index contributed by atoms with van der Waals surface area (Å²) in [7, 11) is 0. The predicted molar refractivity (Wildman–Crippen MR) is 70.4 cm³/mol. The molecule has 0 aromatic carbocycles. The van der Waals surface area contributed by atoms with E-state index in [9.17, 15) is 0 Å². The Kier molecular flexibility index (Phi) is 2.39. The zero-order valence-electron chi connectivity index (χ0n) is 10.9. The second-order valence-corrected chi connectivity index (χ2v) is 6.30. The summed E-state index contributed by atoms with van der Waals surface area (Å²) in [6.07, 6.45) is 13.9. The summed E-state index contributed by atoms with van der Waals surface area (Å²) in [6.45, 7) is 0. The van der Waals surface area contributed by atoms with E-state index in [0.717, 1.165) is 11.9 Å². The number of fused-ring (bicyclic) bond motifs is 4. The van der Waals surface area contributed by atoms with Gasteiger partial charge in [-0.25, -0.2) is 4.68 Å². The summed E-state index contributed by atoms with van der Waals surface area (Å²) >= 11 is 0. The fourth-order valence-corrected chi connectivity index (χ4v) is 4.68. The van der Waals surface area contributed by atoms with Crippen LogP contribution >= 0.6 is 0 Å². The molecule has 2 aliphatic carbocycles. The lowest BCUT2D eigenvalue weighted by atomic mass is 9.64. The smallest absolute Gasteiger partial charge is 0.221 e. The first-order chi connectivity index (χ1) is 8.90. The lowest BCUT2D eigenvalue weighted by Crippen LogP contribution is -2.55. The van der Waals surface area contributed by atoms with Gasteiger partial charge in [0.25, 0.3) is 0 Å². The molecule has 0 saturated heterocycles. The van der Waals surface area contributed by atoms with Crippen molar-refractivity contribution in [1.29, 1.82) is 0 Å². The minimum atomic E-state index is 0.292. The molecule has 0 bridgehead atoms. The molecule has 18 heavy (non-hydrogen) atoms. The van der Waals surface area contributed by atoms with Gasteiger partial charge in [-0.1, -0.05) is 32.1 Å². The van der Waals surface area contributed by atoms with E-state index in [4.69, 9.17) is 0 Å². The van der Waals surface area contributed by atoms with Gasteiger partial charge in [-0.3, -0.25) is 0 Å². The van der Waals surface area contributed by atoms with Gasteiger partial charge in [0, 0.05) is 12.0 Å². The van der Waals surface area contributed by atoms with E-state index in [-0.39, 0.29) is 0 Å². The number of nitrogens with one attached hydrogen (secondary N) is 1. The van der Waals surface area contributed by atoms with Crippen LogP contribution in [0.5, 0.6) is 0 Å². The van der Waals surface area contributed by atoms with Gasteiger partial charge in [0.1, 0.15) is 6.33 Å². The topological polar surface area (TPSA) is 42.7 Å². The molecule has 1 spiro atoms. The van der Waals surface area contributed by atoms with E-state index in [1.807, 2.05) is 0 Å². The van der Waals surface area contributed by atoms with Gasteiger partial charge in [0.05, 0.1) is 5.54 Å². The Morgan fingerprint density at radius 1 is 1.11 bits per heavy atom. The van der Waals surface area contributed by atoms with Gasteiger partial charge >= 0.3 is 0 Å². The first-order valence-corrected chi connectivity index (χ1v) is 7.57. The molecule has 4 heteroatoms. The monoisotopic (exact) mass is 246 g/mol. The van der Waals surface area contributed by atoms with Crippen molar-refractivity contribution < 1.29 is 0 Å². The van der Waals surface area contributed by atoms with Gasteiger partial charge in [-0.05, 0) is 25.7 Å². The van der Waals surface area contributed by atoms with Gasteiger partial charge in [0.2, 0.25) is 5.95 Å². The molecule has 1 aromatic rings. The molecule has 0 radical (unpaired) electrons. The minimum absolute atomic E-state index is 0.292. The highest BCUT2D eigenvalue weighted by Gasteiger charge is 2.50. The first-order valence-electron chi connectivity index (χ1n) is 7.57. The van der Waals surface area contributed by atoms with Crippen LogP contribution in [0, 0.1) is 5.92 Å². The summed E-state index contributed by atoms with van der Waals surface area (Å²) in [5, 5.41) is 8.21. The Hall–Kier alpha value is -1.06. The third-order valence-corrected chi connectivity index (χ3v) is 5.46. The van der Waals surface area contributed by atoms with Gasteiger partial charge in [0.15, 0.2) is 0 Å². The molecule has 0 amide bonds. The van der Waals surface area contributed by atoms with Gasteiger partial charge < -0.3 is 5.32 Å². The van der Waals surface area contributed by atoms with Crippen LogP contribution in [0.4, 0.5) is 5.95 Å². The zero-order chi connectivity index (χ0) is 12.0. The molecule has 1 N–H and O–H groups in total. The van der Waals surface area contributed by atoms with E-state index >= 15 is 0 Å². The molecule has 3 aliphatic rings. The summed E-state index contributed by atoms with van der Waals surface area (Å²) in [4.78, 5) is 4.44. The normalized spacial score (nSPS) is 33.6. The van der Waals surface area contributed by atoms with E-state index in [1.54, 1.807) is 6.33 Å². The number of anilines is 1. The molecule has 2 fully saturated rings. The van der Waals surface area contributed by atoms with E-state index in [1.165, 1.54) is 57.8 Å². The summed E-state index contributed by atoms with van der Waals surface area (Å²) in [6, 6.07) is 0.647. The number of aromatic nitrogens is 3. The summed E-state index contributed by atoms with van der Waals surface area (Å²) in [5.74, 6) is 1.81. The lowest BCUT2D eigenvalue weighted by molar-refractivity contribution is 0.0453. The first kappa shape index (κ1) is 10.8. The van der Waals surface area contributed by atoms with Crippen molar-refractivity contribution in [1.82, 2.24) is 14.8 Å². The van der Waals surface area contributed by atoms with E-state index < -0.39 is 0 Å². The fraction of sp³-hybridized carbons (Fsp3) is 0.857. The highest BCUT2D eigenvalue weighted by molar-refractivity contribution is 5.33. The number of hydrogen-bond acceptors (Lipinski definition) is 3.